The maximum atomic E-state index is 12.5. The van der Waals surface area contributed by atoms with Gasteiger partial charge in [0.05, 0.1) is 17.7 Å². The number of hydrogen-bond acceptors (Lipinski definition) is 4. The van der Waals surface area contributed by atoms with E-state index in [9.17, 15) is 14.4 Å². The third kappa shape index (κ3) is 3.88. The molecule has 0 saturated carbocycles. The molecule has 1 saturated heterocycles. The lowest BCUT2D eigenvalue weighted by Gasteiger charge is -2.30. The highest BCUT2D eigenvalue weighted by atomic mass is 16.4. The Morgan fingerprint density at radius 1 is 1.04 bits per heavy atom. The number of carboxylic acids is 1. The van der Waals surface area contributed by atoms with Gasteiger partial charge in [-0.1, -0.05) is 0 Å². The minimum atomic E-state index is -0.801. The largest absolute Gasteiger partial charge is 0.481 e. The van der Waals surface area contributed by atoms with Crippen molar-refractivity contribution in [3.05, 3.63) is 54.0 Å². The molecule has 130 valence electrons. The molecule has 0 spiro atoms. The summed E-state index contributed by atoms with van der Waals surface area (Å²) < 4.78 is 4.87. The Hall–Kier alpha value is -3.09. The van der Waals surface area contributed by atoms with Crippen molar-refractivity contribution in [2.75, 3.05) is 18.4 Å². The normalized spacial score (nSPS) is 15.0. The fourth-order valence-electron chi connectivity index (χ4n) is 2.81. The lowest BCUT2D eigenvalue weighted by atomic mass is 9.96. The van der Waals surface area contributed by atoms with Crippen LogP contribution in [0.3, 0.4) is 0 Å². The van der Waals surface area contributed by atoms with Gasteiger partial charge in [-0.3, -0.25) is 14.4 Å². The maximum absolute atomic E-state index is 12.5. The Morgan fingerprint density at radius 2 is 1.72 bits per heavy atom. The number of carbonyl (C=O) groups is 3. The summed E-state index contributed by atoms with van der Waals surface area (Å²) in [5.41, 5.74) is 1.50. The van der Waals surface area contributed by atoms with Crippen LogP contribution in [0.25, 0.3) is 0 Å². The number of aliphatic carboxylic acids is 1. The SMILES string of the molecule is O=C(Nc1ccc(C(=O)N2CCC(C(=O)O)CC2)cc1)c1ccoc1. The van der Waals surface area contributed by atoms with E-state index in [1.165, 1.54) is 12.5 Å². The Morgan fingerprint density at radius 3 is 2.28 bits per heavy atom. The number of amides is 2. The van der Waals surface area contributed by atoms with Gasteiger partial charge in [-0.2, -0.15) is 0 Å². The topological polar surface area (TPSA) is 99.9 Å². The smallest absolute Gasteiger partial charge is 0.306 e. The Labute approximate surface area is 144 Å². The summed E-state index contributed by atoms with van der Waals surface area (Å²) in [5, 5.41) is 11.7. The average Bonchev–Trinajstić information content (AvgIpc) is 3.17. The molecule has 1 aromatic carbocycles. The zero-order chi connectivity index (χ0) is 17.8. The van der Waals surface area contributed by atoms with E-state index in [1.807, 2.05) is 0 Å². The minimum absolute atomic E-state index is 0.128. The summed E-state index contributed by atoms with van der Waals surface area (Å²) in [6, 6.07) is 8.19. The number of furan rings is 1. The molecule has 2 aromatic rings. The molecule has 1 fully saturated rings. The van der Waals surface area contributed by atoms with Gasteiger partial charge in [0, 0.05) is 24.3 Å². The van der Waals surface area contributed by atoms with Gasteiger partial charge in [-0.05, 0) is 43.2 Å². The molecule has 2 heterocycles. The first-order chi connectivity index (χ1) is 12.0. The average molecular weight is 342 g/mol. The fourth-order valence-corrected chi connectivity index (χ4v) is 2.81. The predicted molar refractivity (Wildman–Crippen MR) is 89.4 cm³/mol. The molecule has 3 rings (SSSR count). The number of nitrogens with zero attached hydrogens (tertiary/aromatic N) is 1. The summed E-state index contributed by atoms with van der Waals surface area (Å²) in [6.45, 7) is 0.879. The summed E-state index contributed by atoms with van der Waals surface area (Å²) in [4.78, 5) is 37.0. The highest BCUT2D eigenvalue weighted by molar-refractivity contribution is 6.04. The van der Waals surface area contributed by atoms with Gasteiger partial charge in [-0.15, -0.1) is 0 Å². The van der Waals surface area contributed by atoms with E-state index >= 15 is 0 Å². The third-order valence-corrected chi connectivity index (χ3v) is 4.30. The molecular formula is C18H18N2O5. The Bertz CT molecular complexity index is 759. The van der Waals surface area contributed by atoms with Crippen LogP contribution < -0.4 is 5.32 Å². The van der Waals surface area contributed by atoms with Gasteiger partial charge < -0.3 is 19.7 Å². The number of carboxylic acid groups (broad SMARTS) is 1. The molecule has 25 heavy (non-hydrogen) atoms. The molecule has 0 aliphatic carbocycles. The maximum Gasteiger partial charge on any atom is 0.306 e. The molecule has 1 aliphatic heterocycles. The number of hydrogen-bond donors (Lipinski definition) is 2. The Balaban J connectivity index is 1.59. The zero-order valence-electron chi connectivity index (χ0n) is 13.5. The van der Waals surface area contributed by atoms with Gasteiger partial charge in [0.1, 0.15) is 6.26 Å². The molecule has 2 amide bonds. The number of likely N-dealkylation sites (tertiary alicyclic amines) is 1. The number of nitrogens with one attached hydrogen (secondary N) is 1. The van der Waals surface area contributed by atoms with Crippen molar-refractivity contribution in [3.8, 4) is 0 Å². The molecule has 0 radical (unpaired) electrons. The molecular weight excluding hydrogens is 324 g/mol. The first-order valence-corrected chi connectivity index (χ1v) is 8.00. The highest BCUT2D eigenvalue weighted by Crippen LogP contribution is 2.20. The second kappa shape index (κ2) is 7.21. The van der Waals surface area contributed by atoms with Crippen LogP contribution in [0.4, 0.5) is 5.69 Å². The number of benzene rings is 1. The quantitative estimate of drug-likeness (QED) is 0.889. The zero-order valence-corrected chi connectivity index (χ0v) is 13.5. The van der Waals surface area contributed by atoms with Crippen LogP contribution in [-0.4, -0.2) is 40.9 Å². The minimum Gasteiger partial charge on any atom is -0.481 e. The summed E-state index contributed by atoms with van der Waals surface area (Å²) in [5.74, 6) is -1.59. The van der Waals surface area contributed by atoms with E-state index in [-0.39, 0.29) is 17.7 Å². The van der Waals surface area contributed by atoms with E-state index in [0.717, 1.165) is 0 Å². The standard InChI is InChI=1S/C18H18N2O5/c21-16(14-7-10-25-11-14)19-15-3-1-12(2-4-15)17(22)20-8-5-13(6-9-20)18(23)24/h1-4,7,10-11,13H,5-6,8-9H2,(H,19,21)(H,23,24). The number of carbonyl (C=O) groups excluding carboxylic acids is 2. The van der Waals surface area contributed by atoms with E-state index in [2.05, 4.69) is 5.32 Å². The molecule has 1 aromatic heterocycles. The Kier molecular flexibility index (Phi) is 4.83. The van der Waals surface area contributed by atoms with Gasteiger partial charge in [0.15, 0.2) is 0 Å². The number of rotatable bonds is 4. The van der Waals surface area contributed by atoms with Crippen molar-refractivity contribution in [2.45, 2.75) is 12.8 Å². The molecule has 0 atom stereocenters. The molecule has 0 bridgehead atoms. The fraction of sp³-hybridized carbons (Fsp3) is 0.278. The monoisotopic (exact) mass is 342 g/mol. The number of anilines is 1. The van der Waals surface area contributed by atoms with Crippen molar-refractivity contribution in [1.82, 2.24) is 4.90 Å². The van der Waals surface area contributed by atoms with Crippen LogP contribution in [0.15, 0.2) is 47.3 Å². The first-order valence-electron chi connectivity index (χ1n) is 8.00. The molecule has 1 aliphatic rings. The van der Waals surface area contributed by atoms with Crippen LogP contribution in [0.1, 0.15) is 33.6 Å². The van der Waals surface area contributed by atoms with Crippen LogP contribution in [0, 0.1) is 5.92 Å². The van der Waals surface area contributed by atoms with Gasteiger partial charge >= 0.3 is 5.97 Å². The molecule has 7 nitrogen and oxygen atoms in total. The first kappa shape index (κ1) is 16.8. The van der Waals surface area contributed by atoms with Crippen LogP contribution >= 0.6 is 0 Å². The van der Waals surface area contributed by atoms with E-state index < -0.39 is 5.97 Å². The lowest BCUT2D eigenvalue weighted by Crippen LogP contribution is -2.40. The lowest BCUT2D eigenvalue weighted by molar-refractivity contribution is -0.143. The second-order valence-electron chi connectivity index (χ2n) is 5.95. The molecule has 7 heteroatoms. The summed E-state index contributed by atoms with van der Waals surface area (Å²) in [7, 11) is 0. The highest BCUT2D eigenvalue weighted by Gasteiger charge is 2.27. The van der Waals surface area contributed by atoms with Crippen molar-refractivity contribution < 1.29 is 23.9 Å². The van der Waals surface area contributed by atoms with Crippen molar-refractivity contribution in [1.29, 1.82) is 0 Å². The van der Waals surface area contributed by atoms with Gasteiger partial charge in [-0.25, -0.2) is 0 Å². The van der Waals surface area contributed by atoms with Gasteiger partial charge in [0.2, 0.25) is 0 Å². The van der Waals surface area contributed by atoms with Gasteiger partial charge in [0.25, 0.3) is 11.8 Å². The van der Waals surface area contributed by atoms with E-state index in [4.69, 9.17) is 9.52 Å². The van der Waals surface area contributed by atoms with Crippen LogP contribution in [0.5, 0.6) is 0 Å². The van der Waals surface area contributed by atoms with Crippen molar-refractivity contribution >= 4 is 23.5 Å². The summed E-state index contributed by atoms with van der Waals surface area (Å²) >= 11 is 0. The molecule has 0 unspecified atom stereocenters. The second-order valence-corrected chi connectivity index (χ2v) is 5.95. The van der Waals surface area contributed by atoms with E-state index in [0.29, 0.717) is 42.7 Å². The van der Waals surface area contributed by atoms with Crippen molar-refractivity contribution in [2.24, 2.45) is 5.92 Å². The predicted octanol–water partition coefficient (Wildman–Crippen LogP) is 2.47. The number of piperidine rings is 1. The van der Waals surface area contributed by atoms with Crippen LogP contribution in [-0.2, 0) is 4.79 Å². The molecule has 2 N–H and O–H groups in total. The summed E-state index contributed by atoms with van der Waals surface area (Å²) in [6.07, 6.45) is 3.72. The van der Waals surface area contributed by atoms with Crippen LogP contribution in [0.2, 0.25) is 0 Å². The van der Waals surface area contributed by atoms with E-state index in [1.54, 1.807) is 35.2 Å². The third-order valence-electron chi connectivity index (χ3n) is 4.30. The van der Waals surface area contributed by atoms with Crippen molar-refractivity contribution in [3.63, 3.8) is 0 Å².